The second-order valence-electron chi connectivity index (χ2n) is 4.10. The molecule has 1 heterocycles. The normalized spacial score (nSPS) is 12.3. The quantitative estimate of drug-likeness (QED) is 0.740. The summed E-state index contributed by atoms with van der Waals surface area (Å²) in [6.45, 7) is 0. The topological polar surface area (TPSA) is 22.1 Å². The van der Waals surface area contributed by atoms with Crippen molar-refractivity contribution in [2.24, 2.45) is 0 Å². The highest BCUT2D eigenvalue weighted by Gasteiger charge is 2.36. The lowest BCUT2D eigenvalue weighted by Gasteiger charge is -2.11. The third-order valence-electron chi connectivity index (χ3n) is 2.50. The summed E-state index contributed by atoms with van der Waals surface area (Å²) in [4.78, 5) is 3.16. The van der Waals surface area contributed by atoms with Gasteiger partial charge in [0.25, 0.3) is 0 Å². The van der Waals surface area contributed by atoms with Gasteiger partial charge in [-0.25, -0.2) is 9.37 Å². The molecule has 0 radical (unpaired) electrons. The molecule has 0 unspecified atom stereocenters. The molecule has 1 aromatic heterocycles. The van der Waals surface area contributed by atoms with E-state index in [2.05, 4.69) is 9.72 Å². The van der Waals surface area contributed by atoms with Gasteiger partial charge in [0.1, 0.15) is 5.75 Å². The maximum Gasteiger partial charge on any atom is 0.573 e. The van der Waals surface area contributed by atoms with Crippen LogP contribution in [0.25, 0.3) is 11.3 Å². The number of nitrogens with zero attached hydrogens (tertiary/aromatic N) is 1. The fourth-order valence-electron chi connectivity index (χ4n) is 1.63. The Morgan fingerprint density at radius 1 is 0.818 bits per heavy atom. The Morgan fingerprint density at radius 3 is 1.91 bits per heavy atom. The largest absolute Gasteiger partial charge is 0.573 e. The third kappa shape index (κ3) is 3.86. The van der Waals surface area contributed by atoms with Gasteiger partial charge < -0.3 is 4.74 Å². The van der Waals surface area contributed by atoms with Crippen LogP contribution in [0, 0.1) is 5.82 Å². The van der Waals surface area contributed by atoms with Gasteiger partial charge in [0, 0.05) is 5.56 Å². The molecule has 0 N–H and O–H groups in total. The molecule has 0 fully saturated rings. The number of halogens is 7. The van der Waals surface area contributed by atoms with Gasteiger partial charge in [-0.3, -0.25) is 0 Å². The Hall–Kier alpha value is -2.32. The summed E-state index contributed by atoms with van der Waals surface area (Å²) in [5.74, 6) is -2.07. The van der Waals surface area contributed by atoms with Crippen molar-refractivity contribution in [1.82, 2.24) is 4.98 Å². The minimum absolute atomic E-state index is 0.0834. The van der Waals surface area contributed by atoms with Crippen LogP contribution in [-0.2, 0) is 6.18 Å². The molecule has 2 rings (SSSR count). The van der Waals surface area contributed by atoms with Crippen LogP contribution in [-0.4, -0.2) is 11.3 Å². The zero-order valence-electron chi connectivity index (χ0n) is 10.5. The molecular formula is C13H6F7NO. The van der Waals surface area contributed by atoms with E-state index < -0.39 is 29.8 Å². The molecule has 2 aromatic rings. The second-order valence-corrected chi connectivity index (χ2v) is 4.10. The molecule has 1 aromatic carbocycles. The van der Waals surface area contributed by atoms with Crippen molar-refractivity contribution in [2.45, 2.75) is 12.5 Å². The van der Waals surface area contributed by atoms with Crippen LogP contribution in [0.1, 0.15) is 5.69 Å². The fraction of sp³-hybridized carbons (Fsp3) is 0.154. The van der Waals surface area contributed by atoms with Crippen molar-refractivity contribution in [3.63, 3.8) is 0 Å². The number of hydrogen-bond acceptors (Lipinski definition) is 2. The molecule has 22 heavy (non-hydrogen) atoms. The third-order valence-corrected chi connectivity index (χ3v) is 2.50. The molecular weight excluding hydrogens is 319 g/mol. The summed E-state index contributed by atoms with van der Waals surface area (Å²) < 4.78 is 90.3. The zero-order valence-corrected chi connectivity index (χ0v) is 10.5. The molecule has 0 saturated heterocycles. The van der Waals surface area contributed by atoms with E-state index in [9.17, 15) is 30.7 Å². The number of pyridine rings is 1. The van der Waals surface area contributed by atoms with Crippen molar-refractivity contribution in [3.8, 4) is 17.0 Å². The maximum atomic E-state index is 13.1. The van der Waals surface area contributed by atoms with Crippen molar-refractivity contribution in [2.75, 3.05) is 0 Å². The molecule has 0 atom stereocenters. The predicted molar refractivity (Wildman–Crippen MR) is 61.3 cm³/mol. The number of rotatable bonds is 2. The number of hydrogen-bond donors (Lipinski definition) is 0. The Balaban J connectivity index is 2.33. The highest BCUT2D eigenvalue weighted by molar-refractivity contribution is 5.60. The first-order valence-corrected chi connectivity index (χ1v) is 5.66. The van der Waals surface area contributed by atoms with Gasteiger partial charge in [0.05, 0.1) is 5.69 Å². The summed E-state index contributed by atoms with van der Waals surface area (Å²) in [7, 11) is 0. The second kappa shape index (κ2) is 5.47. The summed E-state index contributed by atoms with van der Waals surface area (Å²) >= 11 is 0. The highest BCUT2D eigenvalue weighted by Crippen LogP contribution is 2.32. The monoisotopic (exact) mass is 325 g/mol. The molecule has 2 nitrogen and oxygen atoms in total. The van der Waals surface area contributed by atoms with Crippen molar-refractivity contribution in [1.29, 1.82) is 0 Å². The van der Waals surface area contributed by atoms with Crippen LogP contribution in [0.4, 0.5) is 30.7 Å². The van der Waals surface area contributed by atoms with Crippen LogP contribution in [0.5, 0.6) is 5.75 Å². The van der Waals surface area contributed by atoms with E-state index >= 15 is 0 Å². The first kappa shape index (κ1) is 16.1. The van der Waals surface area contributed by atoms with Crippen LogP contribution in [0.15, 0.2) is 36.4 Å². The van der Waals surface area contributed by atoms with E-state index in [0.717, 1.165) is 30.3 Å². The minimum Gasteiger partial charge on any atom is -0.406 e. The van der Waals surface area contributed by atoms with E-state index in [0.29, 0.717) is 6.07 Å². The Kier molecular flexibility index (Phi) is 3.99. The van der Waals surface area contributed by atoms with Crippen molar-refractivity contribution < 1.29 is 35.5 Å². The van der Waals surface area contributed by atoms with Gasteiger partial charge in [-0.05, 0) is 36.4 Å². The molecule has 0 bridgehead atoms. The van der Waals surface area contributed by atoms with Crippen molar-refractivity contribution >= 4 is 0 Å². The number of ether oxygens (including phenoxy) is 1. The van der Waals surface area contributed by atoms with E-state index in [1.807, 2.05) is 0 Å². The van der Waals surface area contributed by atoms with Crippen LogP contribution in [0.3, 0.4) is 0 Å². The van der Waals surface area contributed by atoms with Gasteiger partial charge >= 0.3 is 12.5 Å². The summed E-state index contributed by atoms with van der Waals surface area (Å²) in [5.41, 5.74) is -1.84. The lowest BCUT2D eigenvalue weighted by atomic mass is 10.1. The lowest BCUT2D eigenvalue weighted by molar-refractivity contribution is -0.274. The minimum atomic E-state index is -4.97. The molecule has 0 spiro atoms. The van der Waals surface area contributed by atoms with Crippen molar-refractivity contribution in [3.05, 3.63) is 47.9 Å². The summed E-state index contributed by atoms with van der Waals surface area (Å²) in [6.07, 6.45) is -9.85. The first-order valence-electron chi connectivity index (χ1n) is 5.66. The van der Waals surface area contributed by atoms with Crippen LogP contribution >= 0.6 is 0 Å². The van der Waals surface area contributed by atoms with Gasteiger partial charge in [-0.1, -0.05) is 0 Å². The zero-order chi connectivity index (χ0) is 16.5. The SMILES string of the molecule is Fc1ccc(-c2ccc(OC(F)(F)F)cc2)nc1C(F)(F)F. The first-order chi connectivity index (χ1) is 10.1. The average molecular weight is 325 g/mol. The van der Waals surface area contributed by atoms with E-state index in [1.54, 1.807) is 0 Å². The Labute approximate surface area is 119 Å². The summed E-state index contributed by atoms with van der Waals surface area (Å²) in [5, 5.41) is 0. The van der Waals surface area contributed by atoms with E-state index in [1.165, 1.54) is 0 Å². The Bertz CT molecular complexity index is 662. The lowest BCUT2D eigenvalue weighted by Crippen LogP contribution is -2.17. The molecule has 0 aliphatic heterocycles. The number of alkyl halides is 6. The Morgan fingerprint density at radius 2 is 1.41 bits per heavy atom. The predicted octanol–water partition coefficient (Wildman–Crippen LogP) is 4.81. The van der Waals surface area contributed by atoms with Gasteiger partial charge in [-0.15, -0.1) is 13.2 Å². The molecule has 9 heteroatoms. The average Bonchev–Trinajstić information content (AvgIpc) is 2.37. The fourth-order valence-corrected chi connectivity index (χ4v) is 1.63. The van der Waals surface area contributed by atoms with Gasteiger partial charge in [-0.2, -0.15) is 13.2 Å². The highest BCUT2D eigenvalue weighted by atomic mass is 19.4. The summed E-state index contributed by atoms with van der Waals surface area (Å²) in [6, 6.07) is 5.58. The van der Waals surface area contributed by atoms with Gasteiger partial charge in [0.15, 0.2) is 11.5 Å². The molecule has 0 aliphatic carbocycles. The molecule has 118 valence electrons. The number of aromatic nitrogens is 1. The smallest absolute Gasteiger partial charge is 0.406 e. The molecule has 0 saturated carbocycles. The maximum absolute atomic E-state index is 13.1. The van der Waals surface area contributed by atoms with E-state index in [4.69, 9.17) is 0 Å². The van der Waals surface area contributed by atoms with Gasteiger partial charge in [0.2, 0.25) is 0 Å². The standard InChI is InChI=1S/C13H6F7NO/c14-9-5-6-10(21-11(9)12(15,16)17)7-1-3-8(4-2-7)22-13(18,19)20/h1-6H. The number of benzene rings is 1. The van der Waals surface area contributed by atoms with Crippen LogP contribution < -0.4 is 4.74 Å². The molecule has 0 amide bonds. The molecule has 0 aliphatic rings. The van der Waals surface area contributed by atoms with E-state index in [-0.39, 0.29) is 11.3 Å². The van der Waals surface area contributed by atoms with Crippen LogP contribution in [0.2, 0.25) is 0 Å².